The fourth-order valence-corrected chi connectivity index (χ4v) is 1.48. The first-order valence-electron chi connectivity index (χ1n) is 5.03. The fourth-order valence-electron chi connectivity index (χ4n) is 1.48. The average Bonchev–Trinajstić information content (AvgIpc) is 2.25. The van der Waals surface area contributed by atoms with Gasteiger partial charge in [0.15, 0.2) is 0 Å². The summed E-state index contributed by atoms with van der Waals surface area (Å²) in [5.74, 6) is -0.522. The number of carboxylic acid groups (broad SMARTS) is 1. The molecule has 4 heteroatoms. The Morgan fingerprint density at radius 1 is 1.47 bits per heavy atom. The average molecular weight is 208 g/mol. The van der Waals surface area contributed by atoms with Crippen molar-refractivity contribution in [1.29, 1.82) is 0 Å². The normalized spacial score (nSPS) is 12.3. The molecule has 1 aromatic rings. The maximum atomic E-state index is 10.4. The predicted octanol–water partition coefficient (Wildman–Crippen LogP) is 1.06. The Kier molecular flexibility index (Phi) is 4.77. The molecule has 82 valence electrons. The van der Waals surface area contributed by atoms with Crippen molar-refractivity contribution in [1.82, 2.24) is 4.98 Å². The minimum atomic E-state index is -0.761. The molecule has 1 atom stereocenters. The molecule has 0 saturated heterocycles. The van der Waals surface area contributed by atoms with Crippen molar-refractivity contribution >= 4 is 5.97 Å². The Labute approximate surface area is 89.1 Å². The zero-order valence-electron chi connectivity index (χ0n) is 8.60. The highest BCUT2D eigenvalue weighted by molar-refractivity contribution is 5.66. The summed E-state index contributed by atoms with van der Waals surface area (Å²) in [6, 6.07) is 3.87. The Bertz CT molecular complexity index is 301. The zero-order chi connectivity index (χ0) is 11.1. The van der Waals surface area contributed by atoms with Gasteiger partial charge in [0.2, 0.25) is 0 Å². The molecule has 0 fully saturated rings. The van der Waals surface area contributed by atoms with Crippen molar-refractivity contribution in [2.24, 2.45) is 11.7 Å². The highest BCUT2D eigenvalue weighted by Crippen LogP contribution is 2.12. The van der Waals surface area contributed by atoms with Crippen molar-refractivity contribution in [3.05, 3.63) is 30.1 Å². The van der Waals surface area contributed by atoms with Gasteiger partial charge in [-0.1, -0.05) is 0 Å². The number of aromatic nitrogens is 1. The molecule has 1 unspecified atom stereocenters. The Morgan fingerprint density at radius 2 is 2.13 bits per heavy atom. The van der Waals surface area contributed by atoms with E-state index < -0.39 is 5.97 Å². The van der Waals surface area contributed by atoms with Gasteiger partial charge in [0.25, 0.3) is 0 Å². The van der Waals surface area contributed by atoms with E-state index in [2.05, 4.69) is 4.98 Å². The molecule has 0 aliphatic carbocycles. The molecule has 1 heterocycles. The summed E-state index contributed by atoms with van der Waals surface area (Å²) in [6.45, 7) is 0.523. The smallest absolute Gasteiger partial charge is 0.303 e. The third-order valence-electron chi connectivity index (χ3n) is 2.37. The van der Waals surface area contributed by atoms with Gasteiger partial charge < -0.3 is 10.8 Å². The van der Waals surface area contributed by atoms with E-state index in [-0.39, 0.29) is 12.3 Å². The largest absolute Gasteiger partial charge is 0.481 e. The van der Waals surface area contributed by atoms with Crippen LogP contribution in [0.3, 0.4) is 0 Å². The zero-order valence-corrected chi connectivity index (χ0v) is 8.60. The van der Waals surface area contributed by atoms with Crippen LogP contribution in [0.5, 0.6) is 0 Å². The van der Waals surface area contributed by atoms with Crippen molar-refractivity contribution in [2.45, 2.75) is 19.3 Å². The van der Waals surface area contributed by atoms with Gasteiger partial charge in [0.05, 0.1) is 0 Å². The maximum Gasteiger partial charge on any atom is 0.303 e. The first-order chi connectivity index (χ1) is 7.22. The Morgan fingerprint density at radius 3 is 2.67 bits per heavy atom. The van der Waals surface area contributed by atoms with Crippen LogP contribution in [0.15, 0.2) is 24.5 Å². The van der Waals surface area contributed by atoms with Crippen LogP contribution < -0.4 is 5.73 Å². The summed E-state index contributed by atoms with van der Waals surface area (Å²) in [4.78, 5) is 14.3. The molecule has 0 aliphatic rings. The minimum Gasteiger partial charge on any atom is -0.481 e. The number of aliphatic carboxylic acids is 1. The molecule has 0 aliphatic heterocycles. The van der Waals surface area contributed by atoms with Crippen molar-refractivity contribution in [3.63, 3.8) is 0 Å². The molecule has 1 aromatic heterocycles. The summed E-state index contributed by atoms with van der Waals surface area (Å²) >= 11 is 0. The molecule has 4 nitrogen and oxygen atoms in total. The lowest BCUT2D eigenvalue weighted by Crippen LogP contribution is -2.18. The number of hydrogen-bond donors (Lipinski definition) is 2. The van der Waals surface area contributed by atoms with Crippen LogP contribution in [0, 0.1) is 5.92 Å². The van der Waals surface area contributed by atoms with Gasteiger partial charge >= 0.3 is 5.97 Å². The summed E-state index contributed by atoms with van der Waals surface area (Å²) in [5.41, 5.74) is 6.76. The van der Waals surface area contributed by atoms with Crippen LogP contribution in [0.1, 0.15) is 18.4 Å². The molecule has 0 aromatic carbocycles. The molecule has 3 N–H and O–H groups in total. The van der Waals surface area contributed by atoms with Crippen LogP contribution in [-0.4, -0.2) is 22.6 Å². The summed E-state index contributed by atoms with van der Waals surface area (Å²) in [7, 11) is 0. The van der Waals surface area contributed by atoms with Gasteiger partial charge in [-0.15, -0.1) is 0 Å². The molecular formula is C11H16N2O2. The summed E-state index contributed by atoms with van der Waals surface area (Å²) < 4.78 is 0. The minimum absolute atomic E-state index is 0.187. The molecule has 0 radical (unpaired) electrons. The number of rotatable bonds is 6. The number of carboxylic acids is 1. The van der Waals surface area contributed by atoms with Gasteiger partial charge in [-0.3, -0.25) is 9.78 Å². The van der Waals surface area contributed by atoms with Crippen LogP contribution >= 0.6 is 0 Å². The third kappa shape index (κ3) is 4.56. The predicted molar refractivity (Wildman–Crippen MR) is 57.4 cm³/mol. The molecule has 0 amide bonds. The molecule has 0 saturated carbocycles. The highest BCUT2D eigenvalue weighted by atomic mass is 16.4. The van der Waals surface area contributed by atoms with E-state index in [9.17, 15) is 4.79 Å². The van der Waals surface area contributed by atoms with Crippen molar-refractivity contribution < 1.29 is 9.90 Å². The number of pyridine rings is 1. The lowest BCUT2D eigenvalue weighted by atomic mass is 9.95. The number of nitrogens with zero attached hydrogens (tertiary/aromatic N) is 1. The van der Waals surface area contributed by atoms with Gasteiger partial charge in [-0.2, -0.15) is 0 Å². The fraction of sp³-hybridized carbons (Fsp3) is 0.455. The van der Waals surface area contributed by atoms with Crippen molar-refractivity contribution in [2.75, 3.05) is 6.54 Å². The molecular weight excluding hydrogens is 192 g/mol. The third-order valence-corrected chi connectivity index (χ3v) is 2.37. The maximum absolute atomic E-state index is 10.4. The van der Waals surface area contributed by atoms with E-state index in [4.69, 9.17) is 10.8 Å². The van der Waals surface area contributed by atoms with Crippen LogP contribution in [0.2, 0.25) is 0 Å². The topological polar surface area (TPSA) is 76.2 Å². The Hall–Kier alpha value is -1.42. The summed E-state index contributed by atoms with van der Waals surface area (Å²) in [6.07, 6.45) is 5.12. The molecule has 1 rings (SSSR count). The van der Waals surface area contributed by atoms with Gasteiger partial charge in [-0.25, -0.2) is 0 Å². The molecule has 0 bridgehead atoms. The standard InChI is InChI=1S/C11H16N2O2/c12-8-10(1-2-11(14)15)7-9-3-5-13-6-4-9/h3-6,10H,1-2,7-8,12H2,(H,14,15). The monoisotopic (exact) mass is 208 g/mol. The van der Waals surface area contributed by atoms with E-state index in [0.29, 0.717) is 13.0 Å². The SMILES string of the molecule is NCC(CCC(=O)O)Cc1ccncc1. The second kappa shape index (κ2) is 6.14. The lowest BCUT2D eigenvalue weighted by Gasteiger charge is -2.12. The molecule has 0 spiro atoms. The van der Waals surface area contributed by atoms with E-state index in [1.807, 2.05) is 12.1 Å². The lowest BCUT2D eigenvalue weighted by molar-refractivity contribution is -0.137. The van der Waals surface area contributed by atoms with Gasteiger partial charge in [-0.05, 0) is 43.0 Å². The van der Waals surface area contributed by atoms with E-state index in [1.165, 1.54) is 0 Å². The van der Waals surface area contributed by atoms with Gasteiger partial charge in [0, 0.05) is 18.8 Å². The highest BCUT2D eigenvalue weighted by Gasteiger charge is 2.09. The number of nitrogens with two attached hydrogens (primary N) is 1. The second-order valence-corrected chi connectivity index (χ2v) is 3.59. The number of hydrogen-bond acceptors (Lipinski definition) is 3. The van der Waals surface area contributed by atoms with Crippen LogP contribution in [0.4, 0.5) is 0 Å². The molecule has 15 heavy (non-hydrogen) atoms. The first-order valence-corrected chi connectivity index (χ1v) is 5.03. The second-order valence-electron chi connectivity index (χ2n) is 3.59. The number of carbonyl (C=O) groups is 1. The van der Waals surface area contributed by atoms with E-state index >= 15 is 0 Å². The quantitative estimate of drug-likeness (QED) is 0.733. The van der Waals surface area contributed by atoms with Gasteiger partial charge in [0.1, 0.15) is 0 Å². The summed E-state index contributed by atoms with van der Waals surface area (Å²) in [5, 5.41) is 8.57. The Balaban J connectivity index is 2.43. The van der Waals surface area contributed by atoms with Crippen molar-refractivity contribution in [3.8, 4) is 0 Å². The van der Waals surface area contributed by atoms with Crippen LogP contribution in [-0.2, 0) is 11.2 Å². The van der Waals surface area contributed by atoms with E-state index in [1.54, 1.807) is 12.4 Å². The van der Waals surface area contributed by atoms with E-state index in [0.717, 1.165) is 12.0 Å². The first kappa shape index (κ1) is 11.7. The van der Waals surface area contributed by atoms with Crippen LogP contribution in [0.25, 0.3) is 0 Å².